The molecule has 2 rings (SSSR count). The normalized spacial score (nSPS) is 10.3. The fraction of sp³-hybridized carbons (Fsp3) is 0.214. The van der Waals surface area contributed by atoms with Gasteiger partial charge in [-0.3, -0.25) is 4.79 Å². The van der Waals surface area contributed by atoms with E-state index in [1.807, 2.05) is 30.5 Å². The average Bonchev–Trinajstić information content (AvgIpc) is 2.85. The van der Waals surface area contributed by atoms with Crippen molar-refractivity contribution in [2.24, 2.45) is 0 Å². The highest BCUT2D eigenvalue weighted by atomic mass is 79.9. The van der Waals surface area contributed by atoms with Crippen molar-refractivity contribution in [3.05, 3.63) is 56.2 Å². The summed E-state index contributed by atoms with van der Waals surface area (Å²) >= 11 is 5.08. The lowest BCUT2D eigenvalue weighted by molar-refractivity contribution is 0.0953. The zero-order valence-electron chi connectivity index (χ0n) is 10.1. The molecule has 0 atom stereocenters. The van der Waals surface area contributed by atoms with Gasteiger partial charge < -0.3 is 5.32 Å². The lowest BCUT2D eigenvalue weighted by Gasteiger charge is -2.07. The van der Waals surface area contributed by atoms with Crippen LogP contribution in [0.1, 0.15) is 21.5 Å². The number of hydrogen-bond donors (Lipinski definition) is 1. The summed E-state index contributed by atoms with van der Waals surface area (Å²) in [6.07, 6.45) is 0.874. The Hall–Kier alpha value is -1.13. The van der Waals surface area contributed by atoms with E-state index in [1.165, 1.54) is 5.56 Å². The Labute approximate surface area is 119 Å². The second kappa shape index (κ2) is 6.16. The average molecular weight is 324 g/mol. The Morgan fingerprint density at radius 1 is 1.39 bits per heavy atom. The molecule has 0 spiro atoms. The van der Waals surface area contributed by atoms with Crippen molar-refractivity contribution in [3.8, 4) is 0 Å². The molecule has 1 aromatic heterocycles. The monoisotopic (exact) mass is 323 g/mol. The van der Waals surface area contributed by atoms with Crippen LogP contribution < -0.4 is 5.32 Å². The van der Waals surface area contributed by atoms with Crippen molar-refractivity contribution < 1.29 is 4.79 Å². The summed E-state index contributed by atoms with van der Waals surface area (Å²) in [5.41, 5.74) is 3.05. The van der Waals surface area contributed by atoms with Crippen molar-refractivity contribution in [2.75, 3.05) is 6.54 Å². The van der Waals surface area contributed by atoms with Crippen molar-refractivity contribution in [2.45, 2.75) is 13.3 Å². The van der Waals surface area contributed by atoms with Crippen LogP contribution in [0.4, 0.5) is 0 Å². The molecule has 1 amide bonds. The molecule has 4 heteroatoms. The molecular weight excluding hydrogens is 310 g/mol. The predicted molar refractivity (Wildman–Crippen MR) is 79.2 cm³/mol. The van der Waals surface area contributed by atoms with Gasteiger partial charge in [0.25, 0.3) is 5.91 Å². The largest absolute Gasteiger partial charge is 0.352 e. The molecule has 2 aromatic rings. The highest BCUT2D eigenvalue weighted by Gasteiger charge is 2.09. The molecule has 1 aromatic carbocycles. The van der Waals surface area contributed by atoms with Crippen LogP contribution in [0.5, 0.6) is 0 Å². The van der Waals surface area contributed by atoms with E-state index in [4.69, 9.17) is 0 Å². The van der Waals surface area contributed by atoms with Crippen molar-refractivity contribution in [1.29, 1.82) is 0 Å². The third-order valence-electron chi connectivity index (χ3n) is 2.65. The smallest absolute Gasteiger partial charge is 0.252 e. The van der Waals surface area contributed by atoms with Crippen LogP contribution in [0.25, 0.3) is 0 Å². The first kappa shape index (κ1) is 13.3. The van der Waals surface area contributed by atoms with Gasteiger partial charge in [0, 0.05) is 11.0 Å². The van der Waals surface area contributed by atoms with Gasteiger partial charge in [0.1, 0.15) is 0 Å². The molecule has 1 heterocycles. The van der Waals surface area contributed by atoms with Crippen LogP contribution in [0.3, 0.4) is 0 Å². The van der Waals surface area contributed by atoms with E-state index in [0.717, 1.165) is 16.5 Å². The lowest BCUT2D eigenvalue weighted by atomic mass is 10.1. The van der Waals surface area contributed by atoms with Gasteiger partial charge in [-0.05, 0) is 63.8 Å². The highest BCUT2D eigenvalue weighted by molar-refractivity contribution is 9.10. The molecule has 0 aliphatic carbocycles. The molecule has 94 valence electrons. The van der Waals surface area contributed by atoms with E-state index in [-0.39, 0.29) is 5.91 Å². The van der Waals surface area contributed by atoms with Gasteiger partial charge in [0.2, 0.25) is 0 Å². The minimum absolute atomic E-state index is 0.0270. The van der Waals surface area contributed by atoms with Gasteiger partial charge in [-0.25, -0.2) is 0 Å². The highest BCUT2D eigenvalue weighted by Crippen LogP contribution is 2.17. The first-order valence-electron chi connectivity index (χ1n) is 5.72. The summed E-state index contributed by atoms with van der Waals surface area (Å²) in [6.45, 7) is 2.64. The number of nitrogens with one attached hydrogen (secondary N) is 1. The van der Waals surface area contributed by atoms with E-state index in [9.17, 15) is 4.79 Å². The van der Waals surface area contributed by atoms with E-state index in [0.29, 0.717) is 12.1 Å². The number of carbonyl (C=O) groups excluding carboxylic acids is 1. The van der Waals surface area contributed by atoms with Gasteiger partial charge >= 0.3 is 0 Å². The number of benzene rings is 1. The summed E-state index contributed by atoms with van der Waals surface area (Å²) in [5, 5.41) is 7.10. The maximum Gasteiger partial charge on any atom is 0.252 e. The Bertz CT molecular complexity index is 537. The number of amides is 1. The number of rotatable bonds is 4. The molecule has 1 N–H and O–H groups in total. The minimum atomic E-state index is -0.0270. The summed E-state index contributed by atoms with van der Waals surface area (Å²) < 4.78 is 0.834. The van der Waals surface area contributed by atoms with E-state index in [2.05, 4.69) is 32.7 Å². The number of aryl methyl sites for hydroxylation is 1. The third kappa shape index (κ3) is 3.43. The van der Waals surface area contributed by atoms with Gasteiger partial charge in [-0.1, -0.05) is 11.6 Å². The van der Waals surface area contributed by atoms with E-state index < -0.39 is 0 Å². The zero-order valence-corrected chi connectivity index (χ0v) is 12.5. The summed E-state index contributed by atoms with van der Waals surface area (Å²) in [5.74, 6) is -0.0270. The number of hydrogen-bond acceptors (Lipinski definition) is 2. The molecule has 0 saturated carbocycles. The van der Waals surface area contributed by atoms with Crippen LogP contribution in [0, 0.1) is 6.92 Å². The van der Waals surface area contributed by atoms with Gasteiger partial charge in [-0.15, -0.1) is 0 Å². The molecule has 0 saturated heterocycles. The fourth-order valence-corrected chi connectivity index (χ4v) is 2.79. The number of thiophene rings is 1. The second-order valence-electron chi connectivity index (χ2n) is 4.12. The topological polar surface area (TPSA) is 29.1 Å². The number of halogens is 1. The second-order valence-corrected chi connectivity index (χ2v) is 5.76. The third-order valence-corrected chi connectivity index (χ3v) is 4.07. The van der Waals surface area contributed by atoms with Crippen LogP contribution in [-0.4, -0.2) is 12.5 Å². The van der Waals surface area contributed by atoms with Gasteiger partial charge in [0.05, 0.1) is 5.56 Å². The Morgan fingerprint density at radius 3 is 2.94 bits per heavy atom. The van der Waals surface area contributed by atoms with E-state index in [1.54, 1.807) is 11.3 Å². The van der Waals surface area contributed by atoms with Crippen LogP contribution in [0.2, 0.25) is 0 Å². The molecule has 0 bridgehead atoms. The Balaban J connectivity index is 1.93. The first-order chi connectivity index (χ1) is 8.66. The minimum Gasteiger partial charge on any atom is -0.352 e. The maximum absolute atomic E-state index is 12.0. The van der Waals surface area contributed by atoms with Crippen molar-refractivity contribution in [3.63, 3.8) is 0 Å². The first-order valence-corrected chi connectivity index (χ1v) is 7.46. The van der Waals surface area contributed by atoms with Gasteiger partial charge in [-0.2, -0.15) is 11.3 Å². The fourth-order valence-electron chi connectivity index (χ4n) is 1.66. The molecule has 0 aliphatic heterocycles. The summed E-state index contributed by atoms with van der Waals surface area (Å²) in [6, 6.07) is 7.86. The Morgan fingerprint density at radius 2 is 2.22 bits per heavy atom. The SMILES string of the molecule is Cc1ccc(Br)c(C(=O)NCCc2ccsc2)c1. The standard InChI is InChI=1S/C14H14BrNOS/c1-10-2-3-13(15)12(8-10)14(17)16-6-4-11-5-7-18-9-11/h2-3,5,7-9H,4,6H2,1H3,(H,16,17). The zero-order chi connectivity index (χ0) is 13.0. The van der Waals surface area contributed by atoms with E-state index >= 15 is 0 Å². The summed E-state index contributed by atoms with van der Waals surface area (Å²) in [7, 11) is 0. The molecule has 0 fully saturated rings. The molecule has 0 aliphatic rings. The molecule has 0 unspecified atom stereocenters. The molecular formula is C14H14BrNOS. The lowest BCUT2D eigenvalue weighted by Crippen LogP contribution is -2.26. The van der Waals surface area contributed by atoms with Crippen LogP contribution >= 0.6 is 27.3 Å². The molecule has 18 heavy (non-hydrogen) atoms. The maximum atomic E-state index is 12.0. The molecule has 0 radical (unpaired) electrons. The molecule has 2 nitrogen and oxygen atoms in total. The summed E-state index contributed by atoms with van der Waals surface area (Å²) in [4.78, 5) is 12.0. The van der Waals surface area contributed by atoms with Crippen LogP contribution in [0.15, 0.2) is 39.5 Å². The van der Waals surface area contributed by atoms with Gasteiger partial charge in [0.15, 0.2) is 0 Å². The van der Waals surface area contributed by atoms with Crippen LogP contribution in [-0.2, 0) is 6.42 Å². The number of carbonyl (C=O) groups is 1. The Kier molecular flexibility index (Phi) is 4.55. The van der Waals surface area contributed by atoms with Crippen molar-refractivity contribution >= 4 is 33.2 Å². The quantitative estimate of drug-likeness (QED) is 0.911. The van der Waals surface area contributed by atoms with Crippen molar-refractivity contribution in [1.82, 2.24) is 5.32 Å². The predicted octanol–water partition coefficient (Wildman–Crippen LogP) is 3.79.